The van der Waals surface area contributed by atoms with Gasteiger partial charge in [0.25, 0.3) is 0 Å². The first kappa shape index (κ1) is 15.0. The highest BCUT2D eigenvalue weighted by molar-refractivity contribution is 6.11. The monoisotopic (exact) mass is 324 g/mol. The van der Waals surface area contributed by atoms with Gasteiger partial charge in [0, 0.05) is 55.6 Å². The number of carbonyl (C=O) groups is 2. The SMILES string of the molecule is O=C1CCN(c2ccc(N3CCNCC3)c3ccccc23)C(=O)N1. The van der Waals surface area contributed by atoms with Gasteiger partial charge < -0.3 is 10.2 Å². The molecule has 6 heteroatoms. The molecule has 2 aliphatic heterocycles. The van der Waals surface area contributed by atoms with Crippen LogP contribution in [0.5, 0.6) is 0 Å². The fraction of sp³-hybridized carbons (Fsp3) is 0.333. The number of urea groups is 1. The van der Waals surface area contributed by atoms with Crippen molar-refractivity contribution >= 4 is 34.1 Å². The van der Waals surface area contributed by atoms with E-state index in [-0.39, 0.29) is 11.9 Å². The number of fused-ring (bicyclic) bond motifs is 1. The maximum absolute atomic E-state index is 12.2. The zero-order chi connectivity index (χ0) is 16.5. The lowest BCUT2D eigenvalue weighted by atomic mass is 10.0. The molecular weight excluding hydrogens is 304 g/mol. The van der Waals surface area contributed by atoms with Crippen LogP contribution in [0.25, 0.3) is 10.8 Å². The molecule has 0 aromatic heterocycles. The summed E-state index contributed by atoms with van der Waals surface area (Å²) in [6.45, 7) is 4.32. The molecule has 0 saturated carbocycles. The molecule has 24 heavy (non-hydrogen) atoms. The highest BCUT2D eigenvalue weighted by Gasteiger charge is 2.26. The van der Waals surface area contributed by atoms with Crippen molar-refractivity contribution in [2.75, 3.05) is 42.5 Å². The van der Waals surface area contributed by atoms with Gasteiger partial charge in [0.15, 0.2) is 0 Å². The van der Waals surface area contributed by atoms with Crippen molar-refractivity contribution in [3.05, 3.63) is 36.4 Å². The molecule has 0 spiro atoms. The smallest absolute Gasteiger partial charge is 0.328 e. The Morgan fingerprint density at radius 1 is 0.833 bits per heavy atom. The second kappa shape index (κ2) is 6.13. The molecule has 4 rings (SSSR count). The van der Waals surface area contributed by atoms with E-state index in [0.29, 0.717) is 13.0 Å². The van der Waals surface area contributed by atoms with E-state index in [4.69, 9.17) is 0 Å². The Morgan fingerprint density at radius 2 is 1.50 bits per heavy atom. The molecule has 2 aliphatic rings. The number of hydrogen-bond acceptors (Lipinski definition) is 4. The minimum absolute atomic E-state index is 0.210. The van der Waals surface area contributed by atoms with Crippen LogP contribution >= 0.6 is 0 Å². The Labute approximate surface area is 140 Å². The van der Waals surface area contributed by atoms with E-state index < -0.39 is 0 Å². The first-order chi connectivity index (χ1) is 11.7. The normalized spacial score (nSPS) is 18.8. The molecular formula is C18H20N4O2. The molecule has 0 aliphatic carbocycles. The molecule has 2 saturated heterocycles. The molecule has 3 amide bonds. The van der Waals surface area contributed by atoms with Crippen LogP contribution in [0.2, 0.25) is 0 Å². The number of piperazine rings is 1. The highest BCUT2D eigenvalue weighted by atomic mass is 16.2. The first-order valence-electron chi connectivity index (χ1n) is 8.33. The largest absolute Gasteiger partial charge is 0.368 e. The van der Waals surface area contributed by atoms with Gasteiger partial charge in [0.05, 0.1) is 5.69 Å². The average Bonchev–Trinajstić information content (AvgIpc) is 2.62. The van der Waals surface area contributed by atoms with E-state index in [9.17, 15) is 9.59 Å². The number of nitrogens with one attached hydrogen (secondary N) is 2. The molecule has 6 nitrogen and oxygen atoms in total. The van der Waals surface area contributed by atoms with Gasteiger partial charge in [0.1, 0.15) is 0 Å². The maximum atomic E-state index is 12.2. The lowest BCUT2D eigenvalue weighted by molar-refractivity contribution is -0.120. The van der Waals surface area contributed by atoms with Crippen LogP contribution in [0.4, 0.5) is 16.2 Å². The van der Waals surface area contributed by atoms with E-state index in [1.54, 1.807) is 4.90 Å². The Morgan fingerprint density at radius 3 is 2.21 bits per heavy atom. The summed E-state index contributed by atoms with van der Waals surface area (Å²) in [6.07, 6.45) is 0.333. The van der Waals surface area contributed by atoms with Gasteiger partial charge >= 0.3 is 6.03 Å². The predicted molar refractivity (Wildman–Crippen MR) is 94.5 cm³/mol. The van der Waals surface area contributed by atoms with E-state index in [1.165, 1.54) is 5.69 Å². The molecule has 2 fully saturated rings. The van der Waals surface area contributed by atoms with Crippen molar-refractivity contribution in [3.8, 4) is 0 Å². The van der Waals surface area contributed by atoms with Gasteiger partial charge in [-0.25, -0.2) is 4.79 Å². The predicted octanol–water partition coefficient (Wildman–Crippen LogP) is 1.70. The van der Waals surface area contributed by atoms with Gasteiger partial charge in [-0.2, -0.15) is 0 Å². The maximum Gasteiger partial charge on any atom is 0.328 e. The van der Waals surface area contributed by atoms with E-state index in [2.05, 4.69) is 27.7 Å². The van der Waals surface area contributed by atoms with E-state index in [0.717, 1.165) is 42.6 Å². The summed E-state index contributed by atoms with van der Waals surface area (Å²) < 4.78 is 0. The summed E-state index contributed by atoms with van der Waals surface area (Å²) in [4.78, 5) is 27.6. The third-order valence-corrected chi connectivity index (χ3v) is 4.68. The van der Waals surface area contributed by atoms with E-state index in [1.807, 2.05) is 24.3 Å². The molecule has 0 atom stereocenters. The fourth-order valence-electron chi connectivity index (χ4n) is 3.48. The molecule has 2 N–H and O–H groups in total. The standard InChI is InChI=1S/C18H20N4O2/c23-17-7-10-22(18(24)20-17)16-6-5-15(21-11-8-19-9-12-21)13-3-1-2-4-14(13)16/h1-6,19H,7-12H2,(H,20,23,24). The molecule has 0 bridgehead atoms. The third kappa shape index (κ3) is 2.59. The lowest BCUT2D eigenvalue weighted by Crippen LogP contribution is -2.49. The van der Waals surface area contributed by atoms with E-state index >= 15 is 0 Å². The Bertz CT molecular complexity index is 799. The first-order valence-corrected chi connectivity index (χ1v) is 8.33. The van der Waals surface area contributed by atoms with Crippen LogP contribution in [-0.2, 0) is 4.79 Å². The third-order valence-electron chi connectivity index (χ3n) is 4.68. The van der Waals surface area contributed by atoms with Crippen LogP contribution < -0.4 is 20.4 Å². The van der Waals surface area contributed by atoms with Crippen LogP contribution in [0.3, 0.4) is 0 Å². The molecule has 2 aromatic rings. The molecule has 2 aromatic carbocycles. The van der Waals surface area contributed by atoms with Gasteiger partial charge in [-0.1, -0.05) is 24.3 Å². The number of carbonyl (C=O) groups excluding carboxylic acids is 2. The number of benzene rings is 2. The summed E-state index contributed by atoms with van der Waals surface area (Å²) in [5.74, 6) is -0.210. The molecule has 2 heterocycles. The minimum atomic E-state index is -0.341. The van der Waals surface area contributed by atoms with Gasteiger partial charge in [0.2, 0.25) is 5.91 Å². The Kier molecular flexibility index (Phi) is 3.82. The van der Waals surface area contributed by atoms with Gasteiger partial charge in [-0.15, -0.1) is 0 Å². The van der Waals surface area contributed by atoms with Crippen molar-refractivity contribution in [1.82, 2.24) is 10.6 Å². The quantitative estimate of drug-likeness (QED) is 0.882. The number of nitrogens with zero attached hydrogens (tertiary/aromatic N) is 2. The molecule has 0 radical (unpaired) electrons. The second-order valence-electron chi connectivity index (χ2n) is 6.14. The number of rotatable bonds is 2. The summed E-state index contributed by atoms with van der Waals surface area (Å²) >= 11 is 0. The minimum Gasteiger partial charge on any atom is -0.368 e. The van der Waals surface area contributed by atoms with Crippen molar-refractivity contribution in [3.63, 3.8) is 0 Å². The fourth-order valence-corrected chi connectivity index (χ4v) is 3.48. The van der Waals surface area contributed by atoms with Crippen LogP contribution in [0.1, 0.15) is 6.42 Å². The van der Waals surface area contributed by atoms with Gasteiger partial charge in [-0.05, 0) is 12.1 Å². The zero-order valence-electron chi connectivity index (χ0n) is 13.4. The number of amides is 3. The topological polar surface area (TPSA) is 64.7 Å². The highest BCUT2D eigenvalue weighted by Crippen LogP contribution is 2.35. The van der Waals surface area contributed by atoms with Crippen LogP contribution in [0.15, 0.2) is 36.4 Å². The molecule has 124 valence electrons. The van der Waals surface area contributed by atoms with Crippen LogP contribution in [-0.4, -0.2) is 44.7 Å². The average molecular weight is 324 g/mol. The zero-order valence-corrected chi connectivity index (χ0v) is 13.4. The van der Waals surface area contributed by atoms with Crippen molar-refractivity contribution in [2.24, 2.45) is 0 Å². The summed E-state index contributed by atoms with van der Waals surface area (Å²) in [5.41, 5.74) is 2.05. The Balaban J connectivity index is 1.78. The molecule has 0 unspecified atom stereocenters. The van der Waals surface area contributed by atoms with Crippen molar-refractivity contribution in [1.29, 1.82) is 0 Å². The number of anilines is 2. The summed E-state index contributed by atoms with van der Waals surface area (Å²) in [6, 6.07) is 11.9. The number of imide groups is 1. The van der Waals surface area contributed by atoms with Crippen molar-refractivity contribution < 1.29 is 9.59 Å². The lowest BCUT2D eigenvalue weighted by Gasteiger charge is -2.32. The van der Waals surface area contributed by atoms with Crippen LogP contribution in [0, 0.1) is 0 Å². The Hall–Kier alpha value is -2.60. The second-order valence-corrected chi connectivity index (χ2v) is 6.14. The van der Waals surface area contributed by atoms with Crippen molar-refractivity contribution in [2.45, 2.75) is 6.42 Å². The summed E-state index contributed by atoms with van der Waals surface area (Å²) in [7, 11) is 0. The summed E-state index contributed by atoms with van der Waals surface area (Å²) in [5, 5.41) is 7.95. The van der Waals surface area contributed by atoms with Gasteiger partial charge in [-0.3, -0.25) is 15.0 Å². The number of hydrogen-bond donors (Lipinski definition) is 2.